The maximum absolute atomic E-state index is 5.70. The molecule has 0 atom stereocenters. The van der Waals surface area contributed by atoms with Crippen molar-refractivity contribution in [3.63, 3.8) is 0 Å². The predicted octanol–water partition coefficient (Wildman–Crippen LogP) is 5.72. The van der Waals surface area contributed by atoms with E-state index in [1.54, 1.807) is 0 Å². The first-order chi connectivity index (χ1) is 11.9. The largest absolute Gasteiger partial charge is 0.354 e. The summed E-state index contributed by atoms with van der Waals surface area (Å²) in [7, 11) is 0. The highest BCUT2D eigenvalue weighted by Gasteiger charge is 2.16. The molecule has 3 rings (SSSR count). The van der Waals surface area contributed by atoms with Crippen LogP contribution in [0.2, 0.25) is 0 Å². The molecule has 132 valence electrons. The van der Waals surface area contributed by atoms with Gasteiger partial charge < -0.3 is 10.7 Å². The third kappa shape index (κ3) is 3.80. The quantitative estimate of drug-likeness (QED) is 0.575. The minimum absolute atomic E-state index is 0.181. The van der Waals surface area contributed by atoms with Gasteiger partial charge in [0.25, 0.3) is 0 Å². The maximum Gasteiger partial charge on any atom is 0.0497 e. The number of nitrogens with two attached hydrogens (primary N) is 1. The Morgan fingerprint density at radius 1 is 0.960 bits per heavy atom. The second kappa shape index (κ2) is 7.05. The van der Waals surface area contributed by atoms with E-state index in [-0.39, 0.29) is 5.41 Å². The fourth-order valence-electron chi connectivity index (χ4n) is 3.45. The summed E-state index contributed by atoms with van der Waals surface area (Å²) in [5.74, 6) is 0. The highest BCUT2D eigenvalue weighted by atomic mass is 14.7. The molecule has 0 saturated carbocycles. The highest BCUT2D eigenvalue weighted by molar-refractivity contribution is 5.91. The van der Waals surface area contributed by atoms with Gasteiger partial charge in [-0.05, 0) is 67.0 Å². The Hall–Kier alpha value is -2.06. The van der Waals surface area contributed by atoms with Crippen molar-refractivity contribution in [1.29, 1.82) is 0 Å². The van der Waals surface area contributed by atoms with Crippen molar-refractivity contribution >= 4 is 10.9 Å². The lowest BCUT2D eigenvalue weighted by Gasteiger charge is -2.19. The number of unbranched alkanes of at least 4 members (excludes halogenated alkanes) is 1. The number of aryl methyl sites for hydroxylation is 2. The number of fused-ring (bicyclic) bond motifs is 1. The van der Waals surface area contributed by atoms with Gasteiger partial charge in [0.1, 0.15) is 0 Å². The second-order valence-corrected chi connectivity index (χ2v) is 8.10. The number of hydrogen-bond acceptors (Lipinski definition) is 1. The van der Waals surface area contributed by atoms with Crippen molar-refractivity contribution in [2.24, 2.45) is 5.73 Å². The van der Waals surface area contributed by atoms with E-state index in [9.17, 15) is 0 Å². The summed E-state index contributed by atoms with van der Waals surface area (Å²) in [4.78, 5) is 3.66. The second-order valence-electron chi connectivity index (χ2n) is 8.10. The average molecular weight is 335 g/mol. The number of hydrogen-bond donors (Lipinski definition) is 2. The lowest BCUT2D eigenvalue weighted by atomic mass is 9.86. The van der Waals surface area contributed by atoms with Gasteiger partial charge >= 0.3 is 0 Å². The minimum Gasteiger partial charge on any atom is -0.354 e. The van der Waals surface area contributed by atoms with Gasteiger partial charge in [-0.1, -0.05) is 56.7 Å². The van der Waals surface area contributed by atoms with Crippen molar-refractivity contribution in [3.8, 4) is 11.3 Å². The summed E-state index contributed by atoms with van der Waals surface area (Å²) in [6, 6.07) is 15.7. The van der Waals surface area contributed by atoms with Gasteiger partial charge in [0.2, 0.25) is 0 Å². The number of aromatic nitrogens is 1. The van der Waals surface area contributed by atoms with Crippen molar-refractivity contribution in [2.75, 3.05) is 6.54 Å². The third-order valence-corrected chi connectivity index (χ3v) is 4.98. The third-order valence-electron chi connectivity index (χ3n) is 4.98. The van der Waals surface area contributed by atoms with Crippen molar-refractivity contribution < 1.29 is 0 Å². The maximum atomic E-state index is 5.70. The number of aromatic amines is 1. The van der Waals surface area contributed by atoms with Gasteiger partial charge in [-0.2, -0.15) is 0 Å². The molecule has 0 bridgehead atoms. The van der Waals surface area contributed by atoms with Gasteiger partial charge in [-0.3, -0.25) is 0 Å². The monoisotopic (exact) mass is 334 g/mol. The van der Waals surface area contributed by atoms with Crippen molar-refractivity contribution in [1.82, 2.24) is 4.98 Å². The molecule has 1 aromatic heterocycles. The van der Waals surface area contributed by atoms with Crippen LogP contribution in [0.4, 0.5) is 0 Å². The average Bonchev–Trinajstić information content (AvgIpc) is 2.92. The first-order valence-corrected chi connectivity index (χ1v) is 9.32. The molecule has 0 aliphatic carbocycles. The number of benzene rings is 2. The van der Waals surface area contributed by atoms with Crippen LogP contribution in [0.15, 0.2) is 42.5 Å². The van der Waals surface area contributed by atoms with Crippen LogP contribution in [0.5, 0.6) is 0 Å². The molecule has 2 aromatic carbocycles. The molecule has 0 amide bonds. The summed E-state index contributed by atoms with van der Waals surface area (Å²) in [6.45, 7) is 9.69. The molecule has 0 fully saturated rings. The van der Waals surface area contributed by atoms with Crippen LogP contribution < -0.4 is 5.73 Å². The highest BCUT2D eigenvalue weighted by Crippen LogP contribution is 2.33. The van der Waals surface area contributed by atoms with Crippen LogP contribution in [0, 0.1) is 6.92 Å². The molecular weight excluding hydrogens is 304 g/mol. The van der Waals surface area contributed by atoms with E-state index in [2.05, 4.69) is 75.1 Å². The summed E-state index contributed by atoms with van der Waals surface area (Å²) in [5, 5.41) is 1.35. The van der Waals surface area contributed by atoms with Gasteiger partial charge in [0.15, 0.2) is 0 Å². The lowest BCUT2D eigenvalue weighted by Crippen LogP contribution is -2.10. The van der Waals surface area contributed by atoms with Crippen molar-refractivity contribution in [3.05, 3.63) is 59.2 Å². The molecule has 25 heavy (non-hydrogen) atoms. The molecule has 3 aromatic rings. The Morgan fingerprint density at radius 3 is 2.32 bits per heavy atom. The zero-order valence-electron chi connectivity index (χ0n) is 15.9. The molecule has 2 nitrogen and oxygen atoms in total. The molecule has 0 spiro atoms. The summed E-state index contributed by atoms with van der Waals surface area (Å²) in [5.41, 5.74) is 13.7. The van der Waals surface area contributed by atoms with Crippen LogP contribution in [-0.2, 0) is 11.8 Å². The molecule has 2 heteroatoms. The first-order valence-electron chi connectivity index (χ1n) is 9.32. The Morgan fingerprint density at radius 2 is 1.68 bits per heavy atom. The summed E-state index contributed by atoms with van der Waals surface area (Å²) in [6.07, 6.45) is 3.27. The van der Waals surface area contributed by atoms with Crippen LogP contribution in [0.1, 0.15) is 50.3 Å². The zero-order valence-corrected chi connectivity index (χ0v) is 15.9. The smallest absolute Gasteiger partial charge is 0.0497 e. The molecule has 0 aliphatic heterocycles. The van der Waals surface area contributed by atoms with E-state index in [0.29, 0.717) is 0 Å². The van der Waals surface area contributed by atoms with E-state index in [0.717, 1.165) is 25.8 Å². The number of rotatable bonds is 5. The Kier molecular flexibility index (Phi) is 5.01. The Bertz CT molecular complexity index is 848. The van der Waals surface area contributed by atoms with E-state index in [1.165, 1.54) is 38.9 Å². The minimum atomic E-state index is 0.181. The predicted molar refractivity (Wildman–Crippen MR) is 109 cm³/mol. The van der Waals surface area contributed by atoms with Gasteiger partial charge in [-0.25, -0.2) is 0 Å². The van der Waals surface area contributed by atoms with Crippen LogP contribution in [0.3, 0.4) is 0 Å². The molecule has 3 N–H and O–H groups in total. The molecule has 0 aliphatic rings. The van der Waals surface area contributed by atoms with E-state index >= 15 is 0 Å². The van der Waals surface area contributed by atoms with Crippen LogP contribution in [-0.4, -0.2) is 11.5 Å². The zero-order chi connectivity index (χ0) is 18.0. The molecule has 1 heterocycles. The van der Waals surface area contributed by atoms with E-state index < -0.39 is 0 Å². The first kappa shape index (κ1) is 17.8. The van der Waals surface area contributed by atoms with Crippen LogP contribution in [0.25, 0.3) is 22.2 Å². The Labute approximate surface area is 151 Å². The summed E-state index contributed by atoms with van der Waals surface area (Å²) >= 11 is 0. The Balaban J connectivity index is 2.06. The van der Waals surface area contributed by atoms with Gasteiger partial charge in [-0.15, -0.1) is 0 Å². The normalized spacial score (nSPS) is 12.0. The molecule has 0 unspecified atom stereocenters. The SMILES string of the molecule is Cc1ccc2[nH]c(-c3ccc(C(C)(C)C)cc3)c(CCCCN)c2c1. The number of nitrogens with one attached hydrogen (secondary N) is 1. The van der Waals surface area contributed by atoms with Gasteiger partial charge in [0, 0.05) is 16.6 Å². The van der Waals surface area contributed by atoms with E-state index in [4.69, 9.17) is 5.73 Å². The standard InChI is InChI=1S/C23H30N2/c1-16-8-13-21-20(15-16)19(7-5-6-14-24)22(25-21)17-9-11-18(12-10-17)23(2,3)4/h8-13,15,25H,5-7,14,24H2,1-4H3. The topological polar surface area (TPSA) is 41.8 Å². The summed E-state index contributed by atoms with van der Waals surface area (Å²) < 4.78 is 0. The van der Waals surface area contributed by atoms with Gasteiger partial charge in [0.05, 0.1) is 0 Å². The van der Waals surface area contributed by atoms with Crippen molar-refractivity contribution in [2.45, 2.75) is 52.4 Å². The van der Waals surface area contributed by atoms with E-state index in [1.807, 2.05) is 0 Å². The number of H-pyrrole nitrogens is 1. The fourth-order valence-corrected chi connectivity index (χ4v) is 3.45. The van der Waals surface area contributed by atoms with Crippen LogP contribution >= 0.6 is 0 Å². The molecule has 0 radical (unpaired) electrons. The lowest BCUT2D eigenvalue weighted by molar-refractivity contribution is 0.590. The molecular formula is C23H30N2. The molecule has 0 saturated heterocycles. The fraction of sp³-hybridized carbons (Fsp3) is 0.391.